The molecule has 0 atom stereocenters. The summed E-state index contributed by atoms with van der Waals surface area (Å²) in [6.45, 7) is 7.86. The Kier molecular flexibility index (Phi) is 5.45. The molecule has 0 fully saturated rings. The van der Waals surface area contributed by atoms with E-state index in [1.165, 1.54) is 22.3 Å². The van der Waals surface area contributed by atoms with E-state index < -0.39 is 0 Å². The van der Waals surface area contributed by atoms with Gasteiger partial charge in [-0.05, 0) is 49.4 Å². The van der Waals surface area contributed by atoms with Crippen molar-refractivity contribution in [3.63, 3.8) is 0 Å². The van der Waals surface area contributed by atoms with Crippen LogP contribution in [0.4, 0.5) is 0 Å². The largest absolute Gasteiger partial charge is 0.496 e. The topological polar surface area (TPSA) is 30.5 Å². The van der Waals surface area contributed by atoms with Crippen molar-refractivity contribution >= 4 is 0 Å². The molecule has 0 unspecified atom stereocenters. The van der Waals surface area contributed by atoms with E-state index in [0.717, 1.165) is 18.7 Å². The van der Waals surface area contributed by atoms with Gasteiger partial charge in [-0.1, -0.05) is 6.07 Å². The molecule has 96 valence electrons. The zero-order chi connectivity index (χ0) is 12.8. The molecule has 0 amide bonds. The third-order valence-electron chi connectivity index (χ3n) is 3.12. The number of hydrogen-bond donors (Lipinski definition) is 1. The van der Waals surface area contributed by atoms with Crippen LogP contribution in [-0.4, -0.2) is 27.5 Å². The van der Waals surface area contributed by atoms with Gasteiger partial charge in [-0.2, -0.15) is 0 Å². The van der Waals surface area contributed by atoms with Crippen LogP contribution in [0.1, 0.15) is 22.3 Å². The highest BCUT2D eigenvalue weighted by molar-refractivity contribution is 5.49. The standard InChI is InChI=1S/C14H23NO2/c1-10-8-11(2)13(6-7-15-9-16-4)14(17-5)12(10)3/h8,15H,6-7,9H2,1-5H3. The van der Waals surface area contributed by atoms with E-state index >= 15 is 0 Å². The summed E-state index contributed by atoms with van der Waals surface area (Å²) in [5, 5.41) is 3.22. The van der Waals surface area contributed by atoms with Crippen LogP contribution in [0.25, 0.3) is 0 Å². The van der Waals surface area contributed by atoms with Gasteiger partial charge in [0.25, 0.3) is 0 Å². The number of ether oxygens (including phenoxy) is 2. The van der Waals surface area contributed by atoms with Crippen molar-refractivity contribution in [1.82, 2.24) is 5.32 Å². The molecule has 0 spiro atoms. The smallest absolute Gasteiger partial charge is 0.125 e. The lowest BCUT2D eigenvalue weighted by molar-refractivity contribution is 0.176. The highest BCUT2D eigenvalue weighted by Gasteiger charge is 2.11. The SMILES string of the molecule is COCNCCc1c(C)cc(C)c(C)c1OC. The van der Waals surface area contributed by atoms with Crippen LogP contribution in [0.5, 0.6) is 5.75 Å². The molecule has 0 aliphatic rings. The van der Waals surface area contributed by atoms with E-state index in [0.29, 0.717) is 6.73 Å². The van der Waals surface area contributed by atoms with Crippen molar-refractivity contribution in [3.05, 3.63) is 28.3 Å². The summed E-state index contributed by atoms with van der Waals surface area (Å²) < 4.78 is 10.5. The molecule has 1 aromatic carbocycles. The molecule has 1 N–H and O–H groups in total. The molecule has 0 aliphatic heterocycles. The fourth-order valence-electron chi connectivity index (χ4n) is 2.08. The average molecular weight is 237 g/mol. The fraction of sp³-hybridized carbons (Fsp3) is 0.571. The molecule has 0 aliphatic carbocycles. The minimum atomic E-state index is 0.589. The Bertz CT molecular complexity index is 375. The summed E-state index contributed by atoms with van der Waals surface area (Å²) in [4.78, 5) is 0. The molecular weight excluding hydrogens is 214 g/mol. The van der Waals surface area contributed by atoms with Gasteiger partial charge < -0.3 is 9.47 Å². The van der Waals surface area contributed by atoms with Crippen LogP contribution in [0, 0.1) is 20.8 Å². The molecule has 3 heteroatoms. The summed E-state index contributed by atoms with van der Waals surface area (Å²) in [6.07, 6.45) is 0.958. The number of aryl methyl sites for hydroxylation is 2. The summed E-state index contributed by atoms with van der Waals surface area (Å²) in [6, 6.07) is 2.23. The lowest BCUT2D eigenvalue weighted by Crippen LogP contribution is -2.20. The molecule has 0 saturated heterocycles. The van der Waals surface area contributed by atoms with E-state index in [1.54, 1.807) is 14.2 Å². The van der Waals surface area contributed by atoms with Gasteiger partial charge in [0.1, 0.15) is 5.75 Å². The van der Waals surface area contributed by atoms with Gasteiger partial charge in [-0.15, -0.1) is 0 Å². The summed E-state index contributed by atoms with van der Waals surface area (Å²) in [5.74, 6) is 1.03. The van der Waals surface area contributed by atoms with E-state index in [4.69, 9.17) is 9.47 Å². The minimum absolute atomic E-state index is 0.589. The van der Waals surface area contributed by atoms with Gasteiger partial charge in [-0.25, -0.2) is 0 Å². The summed E-state index contributed by atoms with van der Waals surface area (Å²) in [7, 11) is 3.43. The van der Waals surface area contributed by atoms with Crippen LogP contribution in [0.3, 0.4) is 0 Å². The molecule has 17 heavy (non-hydrogen) atoms. The molecule has 0 aromatic heterocycles. The second-order valence-corrected chi connectivity index (χ2v) is 4.33. The summed E-state index contributed by atoms with van der Waals surface area (Å²) >= 11 is 0. The Morgan fingerprint density at radius 1 is 1.12 bits per heavy atom. The van der Waals surface area contributed by atoms with Crippen molar-refractivity contribution in [2.24, 2.45) is 0 Å². The maximum Gasteiger partial charge on any atom is 0.125 e. The van der Waals surface area contributed by atoms with Crippen LogP contribution in [-0.2, 0) is 11.2 Å². The fourth-order valence-corrected chi connectivity index (χ4v) is 2.08. The Labute approximate surface area is 104 Å². The summed E-state index contributed by atoms with van der Waals surface area (Å²) in [5.41, 5.74) is 5.11. The maximum atomic E-state index is 5.54. The minimum Gasteiger partial charge on any atom is -0.496 e. The van der Waals surface area contributed by atoms with E-state index in [9.17, 15) is 0 Å². The van der Waals surface area contributed by atoms with Crippen LogP contribution in [0.2, 0.25) is 0 Å². The van der Waals surface area contributed by atoms with Gasteiger partial charge in [0.15, 0.2) is 0 Å². The van der Waals surface area contributed by atoms with E-state index in [-0.39, 0.29) is 0 Å². The lowest BCUT2D eigenvalue weighted by atomic mass is 9.97. The first-order chi connectivity index (χ1) is 8.11. The van der Waals surface area contributed by atoms with Gasteiger partial charge in [-0.3, -0.25) is 5.32 Å². The molecule has 0 heterocycles. The Balaban J connectivity index is 2.86. The van der Waals surface area contributed by atoms with Gasteiger partial charge in [0.2, 0.25) is 0 Å². The number of rotatable bonds is 6. The molecule has 0 bridgehead atoms. The zero-order valence-electron chi connectivity index (χ0n) is 11.5. The highest BCUT2D eigenvalue weighted by Crippen LogP contribution is 2.29. The monoisotopic (exact) mass is 237 g/mol. The molecule has 0 saturated carbocycles. The molecule has 1 rings (SSSR count). The Hall–Kier alpha value is -1.06. The van der Waals surface area contributed by atoms with Crippen molar-refractivity contribution in [2.75, 3.05) is 27.5 Å². The number of nitrogens with one attached hydrogen (secondary N) is 1. The Morgan fingerprint density at radius 3 is 2.41 bits per heavy atom. The zero-order valence-corrected chi connectivity index (χ0v) is 11.5. The molecular formula is C14H23NO2. The first-order valence-corrected chi connectivity index (χ1v) is 5.95. The third-order valence-corrected chi connectivity index (χ3v) is 3.12. The molecule has 1 aromatic rings. The molecule has 3 nitrogen and oxygen atoms in total. The third kappa shape index (κ3) is 3.45. The quantitative estimate of drug-likeness (QED) is 0.608. The first kappa shape index (κ1) is 14.0. The van der Waals surface area contributed by atoms with Crippen molar-refractivity contribution in [1.29, 1.82) is 0 Å². The first-order valence-electron chi connectivity index (χ1n) is 5.95. The van der Waals surface area contributed by atoms with Gasteiger partial charge in [0, 0.05) is 13.7 Å². The predicted molar refractivity (Wildman–Crippen MR) is 70.8 cm³/mol. The normalized spacial score (nSPS) is 10.6. The van der Waals surface area contributed by atoms with Crippen LogP contribution in [0.15, 0.2) is 6.07 Å². The number of methoxy groups -OCH3 is 2. The van der Waals surface area contributed by atoms with Crippen molar-refractivity contribution in [2.45, 2.75) is 27.2 Å². The average Bonchev–Trinajstić information content (AvgIpc) is 2.31. The highest BCUT2D eigenvalue weighted by atomic mass is 16.5. The lowest BCUT2D eigenvalue weighted by Gasteiger charge is -2.16. The van der Waals surface area contributed by atoms with Gasteiger partial charge >= 0.3 is 0 Å². The van der Waals surface area contributed by atoms with Gasteiger partial charge in [0.05, 0.1) is 13.8 Å². The van der Waals surface area contributed by atoms with Crippen molar-refractivity contribution < 1.29 is 9.47 Å². The molecule has 0 radical (unpaired) electrons. The second-order valence-electron chi connectivity index (χ2n) is 4.33. The van der Waals surface area contributed by atoms with Crippen LogP contribution >= 0.6 is 0 Å². The Morgan fingerprint density at radius 2 is 1.82 bits per heavy atom. The van der Waals surface area contributed by atoms with Crippen molar-refractivity contribution in [3.8, 4) is 5.75 Å². The van der Waals surface area contributed by atoms with E-state index in [1.807, 2.05) is 0 Å². The maximum absolute atomic E-state index is 5.54. The van der Waals surface area contributed by atoms with Crippen LogP contribution < -0.4 is 10.1 Å². The predicted octanol–water partition coefficient (Wildman–Crippen LogP) is 2.36. The number of benzene rings is 1. The second kappa shape index (κ2) is 6.62. The number of hydrogen-bond acceptors (Lipinski definition) is 3. The van der Waals surface area contributed by atoms with E-state index in [2.05, 4.69) is 32.2 Å².